The summed E-state index contributed by atoms with van der Waals surface area (Å²) in [4.78, 5) is 0. The van der Waals surface area contributed by atoms with Gasteiger partial charge in [-0.25, -0.2) is 0 Å². The second-order valence-corrected chi connectivity index (χ2v) is 13.6. The number of aryl methyl sites for hydroxylation is 2. The Labute approximate surface area is 286 Å². The molecule has 0 saturated carbocycles. The standard InChI is InChI=1S/2C21H30O2/c2*1-5-6-7-8-16-12-19(22)21(20(23)13-16)18-11-15(4)9-10-17(18)14(2)3/h2*11-13,17-18,22-23H,2,5-10H2,1,3-4H3/i3D3;2D2. The quantitative estimate of drug-likeness (QED) is 0.138. The van der Waals surface area contributed by atoms with E-state index in [0.717, 1.165) is 87.3 Å². The molecule has 0 radical (unpaired) electrons. The monoisotopic (exact) mass is 633 g/mol. The first-order chi connectivity index (χ1) is 24.0. The van der Waals surface area contributed by atoms with Gasteiger partial charge in [0.1, 0.15) is 23.0 Å². The van der Waals surface area contributed by atoms with Crippen molar-refractivity contribution in [3.05, 3.63) is 94.1 Å². The van der Waals surface area contributed by atoms with Crippen LogP contribution in [-0.4, -0.2) is 20.4 Å². The molecule has 2 aliphatic rings. The van der Waals surface area contributed by atoms with Gasteiger partial charge in [-0.15, -0.1) is 0 Å². The van der Waals surface area contributed by atoms with Crippen molar-refractivity contribution in [3.8, 4) is 23.0 Å². The van der Waals surface area contributed by atoms with Crippen LogP contribution in [0.4, 0.5) is 0 Å². The van der Waals surface area contributed by atoms with Gasteiger partial charge in [0.05, 0.1) is 2.74 Å². The molecule has 0 fully saturated rings. The molecule has 4 heteroatoms. The van der Waals surface area contributed by atoms with Gasteiger partial charge in [-0.3, -0.25) is 0 Å². The first-order valence-electron chi connectivity index (χ1n) is 19.8. The zero-order valence-corrected chi connectivity index (χ0v) is 28.8. The average Bonchev–Trinajstić information content (AvgIpc) is 3.04. The molecule has 0 amide bonds. The number of allylic oxidation sites excluding steroid dienone is 6. The smallest absolute Gasteiger partial charge is 0.123 e. The normalized spacial score (nSPS) is 22.8. The summed E-state index contributed by atoms with van der Waals surface area (Å²) >= 11 is 0. The summed E-state index contributed by atoms with van der Waals surface area (Å²) in [5.74, 6) is -0.601. The fourth-order valence-electron chi connectivity index (χ4n) is 7.07. The van der Waals surface area contributed by atoms with Gasteiger partial charge in [0, 0.05) is 27.1 Å². The van der Waals surface area contributed by atoms with Crippen LogP contribution in [0.15, 0.2) is 71.8 Å². The number of rotatable bonds is 12. The van der Waals surface area contributed by atoms with Crippen LogP contribution in [0.5, 0.6) is 23.0 Å². The number of phenols is 4. The number of hydrogen-bond donors (Lipinski definition) is 4. The summed E-state index contributed by atoms with van der Waals surface area (Å²) < 4.78 is 38.4. The van der Waals surface area contributed by atoms with Crippen molar-refractivity contribution in [1.82, 2.24) is 0 Å². The minimum Gasteiger partial charge on any atom is -0.507 e. The average molecular weight is 634 g/mol. The van der Waals surface area contributed by atoms with E-state index in [1.165, 1.54) is 5.57 Å². The fourth-order valence-corrected chi connectivity index (χ4v) is 7.07. The SMILES string of the molecule is [2H]C([2H])([2H])C(=C)C1CCC(C)=CC1c1c(O)cc(CCCCC)cc1O.[2H]C([2H])=C(C)C1CCC(C)=CC1c1c(O)cc(CCCCC)cc1O. The predicted octanol–water partition coefficient (Wildman–Crippen LogP) is 11.7. The van der Waals surface area contributed by atoms with Crippen molar-refractivity contribution in [2.45, 2.75) is 130 Å². The van der Waals surface area contributed by atoms with Gasteiger partial charge in [0.25, 0.3) is 0 Å². The topological polar surface area (TPSA) is 80.9 Å². The van der Waals surface area contributed by atoms with E-state index in [0.29, 0.717) is 23.1 Å². The van der Waals surface area contributed by atoms with E-state index in [9.17, 15) is 20.4 Å². The lowest BCUT2D eigenvalue weighted by molar-refractivity contribution is 0.405. The van der Waals surface area contributed by atoms with Crippen molar-refractivity contribution in [2.75, 3.05) is 0 Å². The molecule has 0 heterocycles. The highest BCUT2D eigenvalue weighted by Crippen LogP contribution is 2.48. The van der Waals surface area contributed by atoms with E-state index >= 15 is 0 Å². The third kappa shape index (κ3) is 9.80. The third-order valence-electron chi connectivity index (χ3n) is 9.70. The molecule has 0 spiro atoms. The van der Waals surface area contributed by atoms with Crippen molar-refractivity contribution in [1.29, 1.82) is 0 Å². The number of benzene rings is 2. The van der Waals surface area contributed by atoms with Gasteiger partial charge in [-0.05, 0) is 126 Å². The van der Waals surface area contributed by atoms with Gasteiger partial charge in [0.2, 0.25) is 0 Å². The first kappa shape index (κ1) is 30.0. The van der Waals surface area contributed by atoms with Crippen LogP contribution in [0.1, 0.15) is 147 Å². The van der Waals surface area contributed by atoms with Gasteiger partial charge in [0.15, 0.2) is 0 Å². The van der Waals surface area contributed by atoms with Crippen molar-refractivity contribution < 1.29 is 27.3 Å². The first-order valence-corrected chi connectivity index (χ1v) is 17.3. The zero-order chi connectivity index (χ0) is 38.0. The molecule has 0 bridgehead atoms. The van der Waals surface area contributed by atoms with Crippen LogP contribution in [0.25, 0.3) is 0 Å². The van der Waals surface area contributed by atoms with Crippen LogP contribution in [-0.2, 0) is 12.8 Å². The Morgan fingerprint density at radius 1 is 0.717 bits per heavy atom. The van der Waals surface area contributed by atoms with Crippen molar-refractivity contribution in [3.63, 3.8) is 0 Å². The highest BCUT2D eigenvalue weighted by molar-refractivity contribution is 5.53. The van der Waals surface area contributed by atoms with Crippen LogP contribution >= 0.6 is 0 Å². The zero-order valence-electron chi connectivity index (χ0n) is 33.8. The lowest BCUT2D eigenvalue weighted by Crippen LogP contribution is -2.17. The van der Waals surface area contributed by atoms with Gasteiger partial charge < -0.3 is 20.4 Å². The number of hydrogen-bond acceptors (Lipinski definition) is 4. The molecule has 4 nitrogen and oxygen atoms in total. The minimum absolute atomic E-state index is 0.0311. The molecule has 4 unspecified atom stereocenters. The molecule has 0 saturated heterocycles. The summed E-state index contributed by atoms with van der Waals surface area (Å²) in [5.41, 5.74) is 6.06. The van der Waals surface area contributed by atoms with E-state index < -0.39 is 6.85 Å². The second-order valence-electron chi connectivity index (χ2n) is 13.6. The Morgan fingerprint density at radius 3 is 1.46 bits per heavy atom. The molecule has 0 aromatic heterocycles. The Morgan fingerprint density at radius 2 is 1.11 bits per heavy atom. The maximum Gasteiger partial charge on any atom is 0.123 e. The summed E-state index contributed by atoms with van der Waals surface area (Å²) in [6.07, 6.45) is 15.4. The third-order valence-corrected chi connectivity index (χ3v) is 9.70. The Kier molecular flexibility index (Phi) is 11.4. The molecule has 46 heavy (non-hydrogen) atoms. The van der Waals surface area contributed by atoms with E-state index in [-0.39, 0.29) is 58.8 Å². The molecule has 252 valence electrons. The maximum atomic E-state index is 10.6. The Bertz CT molecular complexity index is 1550. The van der Waals surface area contributed by atoms with E-state index in [1.807, 2.05) is 19.9 Å². The summed E-state index contributed by atoms with van der Waals surface area (Å²) in [6, 6.07) is 6.94. The number of phenolic OH excluding ortho intramolecular Hbond substituents is 4. The van der Waals surface area contributed by atoms with Crippen LogP contribution in [0, 0.1) is 11.8 Å². The maximum absolute atomic E-state index is 10.6. The lowest BCUT2D eigenvalue weighted by Gasteiger charge is -2.31. The Hall–Kier alpha value is -3.40. The number of aromatic hydroxyl groups is 4. The Balaban J connectivity index is 0.000000276. The molecular weight excluding hydrogens is 568 g/mol. The van der Waals surface area contributed by atoms with Crippen LogP contribution < -0.4 is 0 Å². The predicted molar refractivity (Wildman–Crippen MR) is 194 cm³/mol. The summed E-state index contributed by atoms with van der Waals surface area (Å²) in [6.45, 7) is 11.6. The lowest BCUT2D eigenvalue weighted by atomic mass is 9.73. The van der Waals surface area contributed by atoms with E-state index in [4.69, 9.17) is 6.85 Å². The van der Waals surface area contributed by atoms with Gasteiger partial charge >= 0.3 is 0 Å². The summed E-state index contributed by atoms with van der Waals surface area (Å²) in [7, 11) is 0. The molecule has 4 atom stereocenters. The number of unbranched alkanes of at least 4 members (excludes halogenated alkanes) is 4. The second kappa shape index (κ2) is 17.5. The van der Waals surface area contributed by atoms with Gasteiger partial charge in [-0.1, -0.05) is 87.1 Å². The molecule has 4 rings (SSSR count). The molecule has 4 N–H and O–H groups in total. The van der Waals surface area contributed by atoms with Crippen molar-refractivity contribution >= 4 is 0 Å². The highest BCUT2D eigenvalue weighted by atomic mass is 16.3. The van der Waals surface area contributed by atoms with E-state index in [1.54, 1.807) is 24.3 Å². The molecule has 2 aromatic rings. The summed E-state index contributed by atoms with van der Waals surface area (Å²) in [5, 5.41) is 42.4. The molecule has 2 aliphatic carbocycles. The fraction of sp³-hybridized carbons (Fsp3) is 0.524. The minimum atomic E-state index is -2.24. The van der Waals surface area contributed by atoms with Crippen LogP contribution in [0.3, 0.4) is 0 Å². The van der Waals surface area contributed by atoms with E-state index in [2.05, 4.69) is 33.4 Å². The molecular formula is C42H60O4. The molecule has 0 aliphatic heterocycles. The van der Waals surface area contributed by atoms with Crippen LogP contribution in [0.2, 0.25) is 0 Å². The highest BCUT2D eigenvalue weighted by Gasteiger charge is 2.31. The molecule has 2 aromatic carbocycles. The van der Waals surface area contributed by atoms with Gasteiger partial charge in [-0.2, -0.15) is 0 Å². The largest absolute Gasteiger partial charge is 0.507 e. The van der Waals surface area contributed by atoms with Crippen molar-refractivity contribution in [2.24, 2.45) is 11.8 Å².